The van der Waals surface area contributed by atoms with Gasteiger partial charge in [-0.1, -0.05) is 25.0 Å². The van der Waals surface area contributed by atoms with Crippen molar-refractivity contribution >= 4 is 15.8 Å². The number of Topliss-reactive ketones (excluding diaryl/α,β-unsaturated/α-hetero) is 1. The van der Waals surface area contributed by atoms with Gasteiger partial charge in [0.15, 0.2) is 5.78 Å². The Morgan fingerprint density at radius 3 is 2.57 bits per heavy atom. The summed E-state index contributed by atoms with van der Waals surface area (Å²) >= 11 is 0. The highest BCUT2D eigenvalue weighted by atomic mass is 32.2. The van der Waals surface area contributed by atoms with Gasteiger partial charge in [-0.05, 0) is 31.9 Å². The van der Waals surface area contributed by atoms with Crippen LogP contribution in [0.1, 0.15) is 43.0 Å². The molecule has 1 fully saturated rings. The maximum atomic E-state index is 12.3. The standard InChI is InChI=1S/C15H21NO4S/c1-12(18)13-5-4-6-14(9-13)21(19,20)16-10-15(11-17)7-2-3-8-15/h4-6,9,16-17H,2-3,7-8,10-11H2,1H3. The molecular weight excluding hydrogens is 290 g/mol. The molecule has 0 aromatic heterocycles. The smallest absolute Gasteiger partial charge is 0.240 e. The Labute approximate surface area is 125 Å². The normalized spacial score (nSPS) is 17.8. The van der Waals surface area contributed by atoms with Gasteiger partial charge in [0.2, 0.25) is 10.0 Å². The van der Waals surface area contributed by atoms with Crippen LogP contribution in [-0.4, -0.2) is 32.5 Å². The molecule has 1 aliphatic carbocycles. The Hall–Kier alpha value is -1.24. The van der Waals surface area contributed by atoms with Gasteiger partial charge in [0.1, 0.15) is 0 Å². The number of hydrogen-bond donors (Lipinski definition) is 2. The van der Waals surface area contributed by atoms with Crippen LogP contribution in [0.25, 0.3) is 0 Å². The third kappa shape index (κ3) is 3.70. The molecule has 6 heteroatoms. The summed E-state index contributed by atoms with van der Waals surface area (Å²) in [4.78, 5) is 11.4. The molecule has 2 rings (SSSR count). The molecule has 116 valence electrons. The van der Waals surface area contributed by atoms with Gasteiger partial charge in [0, 0.05) is 24.1 Å². The molecule has 1 aromatic rings. The van der Waals surface area contributed by atoms with Gasteiger partial charge in [0.25, 0.3) is 0 Å². The van der Waals surface area contributed by atoms with Crippen LogP contribution >= 0.6 is 0 Å². The first-order valence-electron chi connectivity index (χ1n) is 7.10. The van der Waals surface area contributed by atoms with Crippen molar-refractivity contribution in [2.24, 2.45) is 5.41 Å². The van der Waals surface area contributed by atoms with Gasteiger partial charge in [-0.3, -0.25) is 4.79 Å². The number of hydrogen-bond acceptors (Lipinski definition) is 4. The second-order valence-electron chi connectivity index (χ2n) is 5.77. The highest BCUT2D eigenvalue weighted by Crippen LogP contribution is 2.37. The number of rotatable bonds is 6. The molecular formula is C15H21NO4S. The largest absolute Gasteiger partial charge is 0.396 e. The van der Waals surface area contributed by atoms with Crippen LogP contribution in [0.3, 0.4) is 0 Å². The number of aliphatic hydroxyl groups excluding tert-OH is 1. The summed E-state index contributed by atoms with van der Waals surface area (Å²) in [5.74, 6) is -0.172. The first-order valence-corrected chi connectivity index (χ1v) is 8.58. The lowest BCUT2D eigenvalue weighted by atomic mass is 9.88. The maximum Gasteiger partial charge on any atom is 0.240 e. The number of carbonyl (C=O) groups excluding carboxylic acids is 1. The van der Waals surface area contributed by atoms with Crippen molar-refractivity contribution in [3.05, 3.63) is 29.8 Å². The van der Waals surface area contributed by atoms with E-state index < -0.39 is 10.0 Å². The number of carbonyl (C=O) groups is 1. The Morgan fingerprint density at radius 1 is 1.33 bits per heavy atom. The summed E-state index contributed by atoms with van der Waals surface area (Å²) in [5.41, 5.74) is 0.0289. The van der Waals surface area contributed by atoms with Crippen LogP contribution < -0.4 is 4.72 Å². The van der Waals surface area contributed by atoms with E-state index in [1.807, 2.05) is 0 Å². The lowest BCUT2D eigenvalue weighted by molar-refractivity contribution is 0.101. The lowest BCUT2D eigenvalue weighted by Gasteiger charge is -2.26. The molecule has 1 aromatic carbocycles. The highest BCUT2D eigenvalue weighted by Gasteiger charge is 2.34. The van der Waals surface area contributed by atoms with E-state index in [0.29, 0.717) is 5.56 Å². The SMILES string of the molecule is CC(=O)c1cccc(S(=O)(=O)NCC2(CO)CCCC2)c1. The highest BCUT2D eigenvalue weighted by molar-refractivity contribution is 7.89. The molecule has 0 bridgehead atoms. The summed E-state index contributed by atoms with van der Waals surface area (Å²) in [6, 6.07) is 6.00. The van der Waals surface area contributed by atoms with Gasteiger partial charge in [0.05, 0.1) is 4.90 Å². The summed E-state index contributed by atoms with van der Waals surface area (Å²) in [6.07, 6.45) is 3.70. The minimum absolute atomic E-state index is 0.0109. The van der Waals surface area contributed by atoms with E-state index in [-0.39, 0.29) is 29.2 Å². The number of benzene rings is 1. The quantitative estimate of drug-likeness (QED) is 0.784. The van der Waals surface area contributed by atoms with E-state index in [4.69, 9.17) is 0 Å². The second kappa shape index (κ2) is 6.25. The van der Waals surface area contributed by atoms with Crippen LogP contribution in [0, 0.1) is 5.41 Å². The molecule has 0 aliphatic heterocycles. The van der Waals surface area contributed by atoms with Crippen molar-refractivity contribution < 1.29 is 18.3 Å². The predicted molar refractivity (Wildman–Crippen MR) is 79.6 cm³/mol. The number of ketones is 1. The molecule has 0 heterocycles. The maximum absolute atomic E-state index is 12.3. The molecule has 21 heavy (non-hydrogen) atoms. The van der Waals surface area contributed by atoms with Gasteiger partial charge in [-0.25, -0.2) is 13.1 Å². The molecule has 0 spiro atoms. The molecule has 0 radical (unpaired) electrons. The number of aliphatic hydroxyl groups is 1. The average Bonchev–Trinajstić information content (AvgIpc) is 2.95. The third-order valence-electron chi connectivity index (χ3n) is 4.19. The van der Waals surface area contributed by atoms with Crippen LogP contribution in [-0.2, 0) is 10.0 Å². The summed E-state index contributed by atoms with van der Waals surface area (Å²) in [6.45, 7) is 1.62. The van der Waals surface area contributed by atoms with E-state index in [1.54, 1.807) is 12.1 Å². The minimum Gasteiger partial charge on any atom is -0.396 e. The van der Waals surface area contributed by atoms with Crippen molar-refractivity contribution in [2.45, 2.75) is 37.5 Å². The zero-order valence-electron chi connectivity index (χ0n) is 12.1. The Balaban J connectivity index is 2.15. The zero-order chi connectivity index (χ0) is 15.5. The Bertz CT molecular complexity index is 618. The average molecular weight is 311 g/mol. The minimum atomic E-state index is -3.67. The number of sulfonamides is 1. The summed E-state index contributed by atoms with van der Waals surface area (Å²) in [5, 5.41) is 9.52. The van der Waals surface area contributed by atoms with Gasteiger partial charge in [-0.2, -0.15) is 0 Å². The molecule has 0 atom stereocenters. The van der Waals surface area contributed by atoms with Crippen molar-refractivity contribution in [1.29, 1.82) is 0 Å². The molecule has 0 amide bonds. The van der Waals surface area contributed by atoms with Crippen molar-refractivity contribution in [2.75, 3.05) is 13.2 Å². The fourth-order valence-corrected chi connectivity index (χ4v) is 3.93. The van der Waals surface area contributed by atoms with Crippen LogP contribution in [0.5, 0.6) is 0 Å². The fourth-order valence-electron chi connectivity index (χ4n) is 2.73. The van der Waals surface area contributed by atoms with E-state index in [1.165, 1.54) is 19.1 Å². The monoisotopic (exact) mass is 311 g/mol. The molecule has 0 unspecified atom stereocenters. The Kier molecular flexibility index (Phi) is 4.81. The predicted octanol–water partition coefficient (Wildman–Crippen LogP) is 1.72. The van der Waals surface area contributed by atoms with Crippen LogP contribution in [0.2, 0.25) is 0 Å². The first-order chi connectivity index (χ1) is 9.88. The Morgan fingerprint density at radius 2 is 2.00 bits per heavy atom. The van der Waals surface area contributed by atoms with Crippen LogP contribution in [0.4, 0.5) is 0 Å². The van der Waals surface area contributed by atoms with E-state index in [9.17, 15) is 18.3 Å². The summed E-state index contributed by atoms with van der Waals surface area (Å²) < 4.78 is 27.2. The van der Waals surface area contributed by atoms with Crippen molar-refractivity contribution in [3.8, 4) is 0 Å². The van der Waals surface area contributed by atoms with Gasteiger partial charge >= 0.3 is 0 Å². The van der Waals surface area contributed by atoms with Crippen molar-refractivity contribution in [1.82, 2.24) is 4.72 Å². The molecule has 0 saturated heterocycles. The van der Waals surface area contributed by atoms with E-state index in [2.05, 4.69) is 4.72 Å². The van der Waals surface area contributed by atoms with Gasteiger partial charge < -0.3 is 5.11 Å². The fraction of sp³-hybridized carbons (Fsp3) is 0.533. The number of nitrogens with one attached hydrogen (secondary N) is 1. The molecule has 5 nitrogen and oxygen atoms in total. The summed E-state index contributed by atoms with van der Waals surface area (Å²) in [7, 11) is -3.67. The molecule has 1 aliphatic rings. The second-order valence-corrected chi connectivity index (χ2v) is 7.54. The topological polar surface area (TPSA) is 83.5 Å². The molecule has 2 N–H and O–H groups in total. The van der Waals surface area contributed by atoms with Crippen LogP contribution in [0.15, 0.2) is 29.2 Å². The van der Waals surface area contributed by atoms with E-state index in [0.717, 1.165) is 25.7 Å². The third-order valence-corrected chi connectivity index (χ3v) is 5.59. The molecule has 1 saturated carbocycles. The lowest BCUT2D eigenvalue weighted by Crippen LogP contribution is -2.38. The zero-order valence-corrected chi connectivity index (χ0v) is 12.9. The van der Waals surface area contributed by atoms with Crippen molar-refractivity contribution in [3.63, 3.8) is 0 Å². The first kappa shape index (κ1) is 16.1. The van der Waals surface area contributed by atoms with E-state index >= 15 is 0 Å². The van der Waals surface area contributed by atoms with Gasteiger partial charge in [-0.15, -0.1) is 0 Å².